The normalized spacial score (nSPS) is 13.6. The Labute approximate surface area is 168 Å². The van der Waals surface area contributed by atoms with Crippen LogP contribution in [0.5, 0.6) is 0 Å². The van der Waals surface area contributed by atoms with Crippen LogP contribution in [0, 0.1) is 0 Å². The molecule has 1 aliphatic heterocycles. The Hall–Kier alpha value is -3.42. The van der Waals surface area contributed by atoms with Crippen molar-refractivity contribution in [1.82, 2.24) is 19.9 Å². The number of amides is 2. The number of carbonyl (C=O) groups excluding carboxylic acids is 2. The van der Waals surface area contributed by atoms with E-state index in [1.54, 1.807) is 36.2 Å². The number of rotatable bonds is 6. The van der Waals surface area contributed by atoms with Gasteiger partial charge in [-0.3, -0.25) is 9.59 Å². The number of benzene rings is 1. The first-order valence-electron chi connectivity index (χ1n) is 9.63. The lowest BCUT2D eigenvalue weighted by Crippen LogP contribution is -2.28. The van der Waals surface area contributed by atoms with E-state index in [1.807, 2.05) is 17.0 Å². The van der Waals surface area contributed by atoms with E-state index >= 15 is 0 Å². The van der Waals surface area contributed by atoms with Gasteiger partial charge < -0.3 is 18.7 Å². The number of likely N-dealkylation sites (tertiary alicyclic amines) is 1. The van der Waals surface area contributed by atoms with Crippen LogP contribution in [-0.2, 0) is 6.42 Å². The third-order valence-corrected chi connectivity index (χ3v) is 4.99. The fraction of sp³-hybridized carbons (Fsp3) is 0.333. The van der Waals surface area contributed by atoms with E-state index in [2.05, 4.69) is 10.1 Å². The minimum Gasteiger partial charge on any atom is -0.459 e. The Morgan fingerprint density at radius 1 is 1.14 bits per heavy atom. The van der Waals surface area contributed by atoms with Gasteiger partial charge in [-0.2, -0.15) is 4.98 Å². The molecule has 0 saturated carbocycles. The summed E-state index contributed by atoms with van der Waals surface area (Å²) < 4.78 is 10.5. The molecule has 1 aliphatic rings. The molecule has 3 aromatic rings. The molecule has 29 heavy (non-hydrogen) atoms. The second-order valence-corrected chi connectivity index (χ2v) is 7.05. The summed E-state index contributed by atoms with van der Waals surface area (Å²) in [6.07, 6.45) is 4.06. The van der Waals surface area contributed by atoms with Gasteiger partial charge in [-0.25, -0.2) is 0 Å². The van der Waals surface area contributed by atoms with Crippen LogP contribution in [0.25, 0.3) is 11.5 Å². The molecule has 4 rings (SSSR count). The average Bonchev–Trinajstić information content (AvgIpc) is 3.53. The molecule has 2 aromatic heterocycles. The van der Waals surface area contributed by atoms with E-state index in [4.69, 9.17) is 8.94 Å². The minimum absolute atomic E-state index is 0.0597. The lowest BCUT2D eigenvalue weighted by Gasteiger charge is -2.15. The fourth-order valence-corrected chi connectivity index (χ4v) is 3.29. The van der Waals surface area contributed by atoms with Gasteiger partial charge >= 0.3 is 0 Å². The Kier molecular flexibility index (Phi) is 5.41. The van der Waals surface area contributed by atoms with Crippen molar-refractivity contribution in [3.63, 3.8) is 0 Å². The lowest BCUT2D eigenvalue weighted by atomic mass is 10.1. The molecular formula is C21H22N4O4. The fourth-order valence-electron chi connectivity index (χ4n) is 3.29. The average molecular weight is 394 g/mol. The minimum atomic E-state index is -0.197. The van der Waals surface area contributed by atoms with Crippen molar-refractivity contribution in [3.8, 4) is 11.5 Å². The number of hydrogen-bond donors (Lipinski definition) is 0. The van der Waals surface area contributed by atoms with Gasteiger partial charge in [0.05, 0.1) is 6.26 Å². The van der Waals surface area contributed by atoms with Crippen LogP contribution in [0.2, 0.25) is 0 Å². The second-order valence-electron chi connectivity index (χ2n) is 7.05. The Morgan fingerprint density at radius 2 is 1.90 bits per heavy atom. The third kappa shape index (κ3) is 4.21. The molecule has 2 amide bonds. The molecule has 8 nitrogen and oxygen atoms in total. The number of hydrogen-bond acceptors (Lipinski definition) is 6. The van der Waals surface area contributed by atoms with E-state index < -0.39 is 0 Å². The van der Waals surface area contributed by atoms with Gasteiger partial charge in [0.2, 0.25) is 0 Å². The molecular weight excluding hydrogens is 372 g/mol. The van der Waals surface area contributed by atoms with Gasteiger partial charge in [0.1, 0.15) is 0 Å². The summed E-state index contributed by atoms with van der Waals surface area (Å²) in [5.41, 5.74) is 1.41. The zero-order chi connectivity index (χ0) is 20.2. The van der Waals surface area contributed by atoms with Gasteiger partial charge in [-0.05, 0) is 49.2 Å². The van der Waals surface area contributed by atoms with Gasteiger partial charge in [0.15, 0.2) is 11.6 Å². The van der Waals surface area contributed by atoms with Crippen LogP contribution in [0.3, 0.4) is 0 Å². The predicted octanol–water partition coefficient (Wildman–Crippen LogP) is 2.88. The smallest absolute Gasteiger partial charge is 0.289 e. The highest BCUT2D eigenvalue weighted by Crippen LogP contribution is 2.20. The number of nitrogens with zero attached hydrogens (tertiary/aromatic N) is 4. The largest absolute Gasteiger partial charge is 0.459 e. The highest BCUT2D eigenvalue weighted by atomic mass is 16.5. The molecule has 0 atom stereocenters. The highest BCUT2D eigenvalue weighted by Gasteiger charge is 2.20. The Balaban J connectivity index is 1.36. The van der Waals surface area contributed by atoms with Crippen LogP contribution in [-0.4, -0.2) is 58.4 Å². The number of carbonyl (C=O) groups is 2. The zero-order valence-electron chi connectivity index (χ0n) is 16.2. The molecule has 0 N–H and O–H groups in total. The number of likely N-dealkylation sites (N-methyl/N-ethyl adjacent to an activating group) is 1. The molecule has 0 radical (unpaired) electrons. The van der Waals surface area contributed by atoms with Crippen molar-refractivity contribution >= 4 is 11.8 Å². The standard InChI is InChI=1S/C21H22N4O4/c1-24(21(27)17-5-4-14-28-17)13-10-18-22-19(29-23-18)15-6-8-16(9-7-15)20(26)25-11-2-3-12-25/h4-9,14H,2-3,10-13H2,1H3. The topological polar surface area (TPSA) is 92.7 Å². The maximum Gasteiger partial charge on any atom is 0.289 e. The van der Waals surface area contributed by atoms with Crippen molar-refractivity contribution in [3.05, 3.63) is 59.8 Å². The summed E-state index contributed by atoms with van der Waals surface area (Å²) in [7, 11) is 1.70. The Bertz CT molecular complexity index is 973. The molecule has 0 unspecified atom stereocenters. The van der Waals surface area contributed by atoms with Crippen LogP contribution in [0.15, 0.2) is 51.6 Å². The van der Waals surface area contributed by atoms with Gasteiger partial charge in [0, 0.05) is 44.2 Å². The van der Waals surface area contributed by atoms with E-state index in [9.17, 15) is 9.59 Å². The Morgan fingerprint density at radius 3 is 2.59 bits per heavy atom. The molecule has 150 valence electrons. The molecule has 3 heterocycles. The van der Waals surface area contributed by atoms with E-state index in [0.717, 1.165) is 31.5 Å². The predicted molar refractivity (Wildman–Crippen MR) is 104 cm³/mol. The number of aromatic nitrogens is 2. The SMILES string of the molecule is CN(CCc1noc(-c2ccc(C(=O)N3CCCC3)cc2)n1)C(=O)c1ccco1. The van der Waals surface area contributed by atoms with E-state index in [0.29, 0.717) is 36.0 Å². The summed E-state index contributed by atoms with van der Waals surface area (Å²) >= 11 is 0. The molecule has 1 aromatic carbocycles. The first-order chi connectivity index (χ1) is 14.1. The molecule has 0 bridgehead atoms. The van der Waals surface area contributed by atoms with Crippen LogP contribution in [0.4, 0.5) is 0 Å². The van der Waals surface area contributed by atoms with Crippen molar-refractivity contribution in [1.29, 1.82) is 0 Å². The van der Waals surface area contributed by atoms with Gasteiger partial charge in [0.25, 0.3) is 17.7 Å². The second kappa shape index (κ2) is 8.30. The van der Waals surface area contributed by atoms with Gasteiger partial charge in [-0.1, -0.05) is 5.16 Å². The van der Waals surface area contributed by atoms with Crippen LogP contribution < -0.4 is 0 Å². The summed E-state index contributed by atoms with van der Waals surface area (Å²) in [5, 5.41) is 3.98. The van der Waals surface area contributed by atoms with Crippen molar-refractivity contribution in [2.75, 3.05) is 26.7 Å². The molecule has 8 heteroatoms. The van der Waals surface area contributed by atoms with Crippen molar-refractivity contribution in [2.45, 2.75) is 19.3 Å². The summed E-state index contributed by atoms with van der Waals surface area (Å²) in [5.74, 6) is 1.06. The maximum absolute atomic E-state index is 12.4. The first-order valence-corrected chi connectivity index (χ1v) is 9.63. The van der Waals surface area contributed by atoms with Gasteiger partial charge in [-0.15, -0.1) is 0 Å². The lowest BCUT2D eigenvalue weighted by molar-refractivity contribution is 0.0762. The maximum atomic E-state index is 12.4. The summed E-state index contributed by atoms with van der Waals surface area (Å²) in [6.45, 7) is 2.08. The summed E-state index contributed by atoms with van der Waals surface area (Å²) in [4.78, 5) is 32.4. The molecule has 0 spiro atoms. The quantitative estimate of drug-likeness (QED) is 0.638. The summed E-state index contributed by atoms with van der Waals surface area (Å²) in [6, 6.07) is 10.5. The monoisotopic (exact) mass is 394 g/mol. The van der Waals surface area contributed by atoms with E-state index in [-0.39, 0.29) is 11.8 Å². The molecule has 1 fully saturated rings. The van der Waals surface area contributed by atoms with Crippen LogP contribution >= 0.6 is 0 Å². The van der Waals surface area contributed by atoms with Crippen molar-refractivity contribution < 1.29 is 18.5 Å². The highest BCUT2D eigenvalue weighted by molar-refractivity contribution is 5.94. The molecule has 1 saturated heterocycles. The van der Waals surface area contributed by atoms with E-state index in [1.165, 1.54) is 6.26 Å². The first kappa shape index (κ1) is 18.9. The third-order valence-electron chi connectivity index (χ3n) is 4.99. The molecule has 0 aliphatic carbocycles. The number of furan rings is 1. The van der Waals surface area contributed by atoms with Crippen molar-refractivity contribution in [2.24, 2.45) is 0 Å². The zero-order valence-corrected chi connectivity index (χ0v) is 16.2. The van der Waals surface area contributed by atoms with Crippen LogP contribution in [0.1, 0.15) is 39.6 Å².